The number of fused-ring (bicyclic) bond motifs is 1. The molecule has 7 nitrogen and oxygen atoms in total. The third-order valence-electron chi connectivity index (χ3n) is 3.01. The molecule has 2 aromatic heterocycles. The van der Waals surface area contributed by atoms with Crippen molar-refractivity contribution in [2.45, 2.75) is 0 Å². The van der Waals surface area contributed by atoms with Crippen molar-refractivity contribution in [2.75, 3.05) is 17.7 Å². The molecule has 1 aromatic carbocycles. The van der Waals surface area contributed by atoms with Gasteiger partial charge in [0.1, 0.15) is 5.82 Å². The number of nitrogens with zero attached hydrogens (tertiary/aromatic N) is 5. The fraction of sp³-hybridized carbons (Fsp3) is 0.0769. The Morgan fingerprint density at radius 2 is 2.00 bits per heavy atom. The largest absolute Gasteiger partial charge is 0.368 e. The van der Waals surface area contributed by atoms with E-state index in [1.54, 1.807) is 18.3 Å². The van der Waals surface area contributed by atoms with Gasteiger partial charge in [-0.1, -0.05) is 0 Å². The van der Waals surface area contributed by atoms with Crippen LogP contribution in [0.15, 0.2) is 30.5 Å². The molecule has 0 atom stereocenters. The minimum Gasteiger partial charge on any atom is -0.368 e. The van der Waals surface area contributed by atoms with Gasteiger partial charge < -0.3 is 10.6 Å². The number of hydrogen-bond donors (Lipinski definition) is 2. The maximum atomic E-state index is 8.82. The van der Waals surface area contributed by atoms with E-state index >= 15 is 0 Å². The highest BCUT2D eigenvalue weighted by molar-refractivity contribution is 5.89. The third-order valence-corrected chi connectivity index (χ3v) is 3.01. The molecule has 0 aliphatic carbocycles. The van der Waals surface area contributed by atoms with E-state index < -0.39 is 0 Å². The summed E-state index contributed by atoms with van der Waals surface area (Å²) in [5.74, 6) is 0.836. The molecule has 0 saturated heterocycles. The lowest BCUT2D eigenvalue weighted by Gasteiger charge is -2.19. The highest BCUT2D eigenvalue weighted by Crippen LogP contribution is 2.28. The van der Waals surface area contributed by atoms with E-state index in [1.165, 1.54) is 0 Å². The average Bonchev–Trinajstić information content (AvgIpc) is 2.94. The van der Waals surface area contributed by atoms with Crippen molar-refractivity contribution in [1.29, 1.82) is 5.26 Å². The van der Waals surface area contributed by atoms with Crippen LogP contribution in [0.25, 0.3) is 11.0 Å². The van der Waals surface area contributed by atoms with Crippen LogP contribution >= 0.6 is 0 Å². The molecule has 2 heterocycles. The number of hydrogen-bond acceptors (Lipinski definition) is 6. The van der Waals surface area contributed by atoms with Crippen molar-refractivity contribution in [3.05, 3.63) is 36.0 Å². The summed E-state index contributed by atoms with van der Waals surface area (Å²) in [4.78, 5) is 10.2. The van der Waals surface area contributed by atoms with Crippen molar-refractivity contribution in [1.82, 2.24) is 20.2 Å². The molecule has 0 spiro atoms. The Balaban J connectivity index is 2.09. The van der Waals surface area contributed by atoms with Gasteiger partial charge in [-0.25, -0.2) is 0 Å². The second-order valence-electron chi connectivity index (χ2n) is 4.26. The molecule has 0 aliphatic rings. The SMILES string of the molecule is CN(c1ccc(C#N)cc1)c1nc(N)nc2[nH]ncc12. The first-order valence-electron chi connectivity index (χ1n) is 5.89. The maximum absolute atomic E-state index is 8.82. The first-order valence-corrected chi connectivity index (χ1v) is 5.89. The Bertz CT molecular complexity index is 798. The summed E-state index contributed by atoms with van der Waals surface area (Å²) < 4.78 is 0. The van der Waals surface area contributed by atoms with E-state index in [2.05, 4.69) is 26.2 Å². The molecule has 0 bridgehead atoms. The highest BCUT2D eigenvalue weighted by atomic mass is 15.2. The predicted molar refractivity (Wildman–Crippen MR) is 75.3 cm³/mol. The second kappa shape index (κ2) is 4.51. The molecule has 0 saturated carbocycles. The van der Waals surface area contributed by atoms with Crippen LogP contribution < -0.4 is 10.6 Å². The summed E-state index contributed by atoms with van der Waals surface area (Å²) >= 11 is 0. The van der Waals surface area contributed by atoms with Crippen molar-refractivity contribution in [3.8, 4) is 6.07 Å². The summed E-state index contributed by atoms with van der Waals surface area (Å²) in [6.07, 6.45) is 1.66. The Morgan fingerprint density at radius 3 is 2.70 bits per heavy atom. The quantitative estimate of drug-likeness (QED) is 0.728. The lowest BCUT2D eigenvalue weighted by molar-refractivity contribution is 1.08. The molecule has 20 heavy (non-hydrogen) atoms. The van der Waals surface area contributed by atoms with Crippen molar-refractivity contribution >= 4 is 28.5 Å². The Hall–Kier alpha value is -3.14. The van der Waals surface area contributed by atoms with Gasteiger partial charge in [-0.15, -0.1) is 0 Å². The number of aromatic nitrogens is 4. The number of nitrogen functional groups attached to an aromatic ring is 1. The zero-order chi connectivity index (χ0) is 14.1. The number of anilines is 3. The van der Waals surface area contributed by atoms with Crippen LogP contribution in [0.3, 0.4) is 0 Å². The van der Waals surface area contributed by atoms with Gasteiger partial charge in [0.05, 0.1) is 23.2 Å². The summed E-state index contributed by atoms with van der Waals surface area (Å²) in [6.45, 7) is 0. The molecule has 7 heteroatoms. The van der Waals surface area contributed by atoms with Crippen LogP contribution in [0.2, 0.25) is 0 Å². The summed E-state index contributed by atoms with van der Waals surface area (Å²) in [5.41, 5.74) is 7.80. The molecule has 0 aliphatic heterocycles. The third kappa shape index (κ3) is 1.89. The van der Waals surface area contributed by atoms with Crippen LogP contribution in [0.4, 0.5) is 17.5 Å². The molecule has 0 amide bonds. The number of nitriles is 1. The number of H-pyrrole nitrogens is 1. The predicted octanol–water partition coefficient (Wildman–Crippen LogP) is 1.57. The number of rotatable bonds is 2. The molecular formula is C13H11N7. The van der Waals surface area contributed by atoms with Gasteiger partial charge in [-0.2, -0.15) is 20.3 Å². The molecule has 98 valence electrons. The van der Waals surface area contributed by atoms with E-state index in [1.807, 2.05) is 24.1 Å². The van der Waals surface area contributed by atoms with Crippen molar-refractivity contribution < 1.29 is 0 Å². The smallest absolute Gasteiger partial charge is 0.224 e. The van der Waals surface area contributed by atoms with Crippen LogP contribution in [0, 0.1) is 11.3 Å². The monoisotopic (exact) mass is 265 g/mol. The lowest BCUT2D eigenvalue weighted by atomic mass is 10.2. The number of benzene rings is 1. The molecule has 3 rings (SSSR count). The van der Waals surface area contributed by atoms with Crippen molar-refractivity contribution in [2.24, 2.45) is 0 Å². The fourth-order valence-corrected chi connectivity index (χ4v) is 1.97. The summed E-state index contributed by atoms with van der Waals surface area (Å²) in [5, 5.41) is 16.3. The molecule has 3 aromatic rings. The van der Waals surface area contributed by atoms with Crippen molar-refractivity contribution in [3.63, 3.8) is 0 Å². The molecular weight excluding hydrogens is 254 g/mol. The van der Waals surface area contributed by atoms with Crippen LogP contribution in [-0.2, 0) is 0 Å². The van der Waals surface area contributed by atoms with Crippen LogP contribution in [0.5, 0.6) is 0 Å². The van der Waals surface area contributed by atoms with Gasteiger partial charge in [0.2, 0.25) is 5.95 Å². The lowest BCUT2D eigenvalue weighted by Crippen LogP contribution is -2.13. The summed E-state index contributed by atoms with van der Waals surface area (Å²) in [6, 6.07) is 9.29. The van der Waals surface area contributed by atoms with Crippen LogP contribution in [-0.4, -0.2) is 27.2 Å². The minimum absolute atomic E-state index is 0.178. The second-order valence-corrected chi connectivity index (χ2v) is 4.26. The molecule has 0 radical (unpaired) electrons. The van der Waals surface area contributed by atoms with Gasteiger partial charge in [0.15, 0.2) is 5.65 Å². The van der Waals surface area contributed by atoms with Gasteiger partial charge >= 0.3 is 0 Å². The van der Waals surface area contributed by atoms with Gasteiger partial charge in [-0.05, 0) is 24.3 Å². The molecule has 0 unspecified atom stereocenters. The minimum atomic E-state index is 0.178. The standard InChI is InChI=1S/C13H11N7/c1-20(9-4-2-8(6-14)3-5-9)12-10-7-16-19-11(10)17-13(15)18-12/h2-5,7H,1H3,(H3,15,16,17,18,19). The van der Waals surface area contributed by atoms with Gasteiger partial charge in [-0.3, -0.25) is 5.10 Å². The first kappa shape index (κ1) is 11.9. The number of nitrogens with one attached hydrogen (secondary N) is 1. The Labute approximate surface area is 114 Å². The highest BCUT2D eigenvalue weighted by Gasteiger charge is 2.13. The molecule has 3 N–H and O–H groups in total. The van der Waals surface area contributed by atoms with E-state index in [4.69, 9.17) is 11.0 Å². The van der Waals surface area contributed by atoms with Gasteiger partial charge in [0.25, 0.3) is 0 Å². The number of aromatic amines is 1. The van der Waals surface area contributed by atoms with E-state index in [9.17, 15) is 0 Å². The van der Waals surface area contributed by atoms with Gasteiger partial charge in [0, 0.05) is 12.7 Å². The normalized spacial score (nSPS) is 10.4. The maximum Gasteiger partial charge on any atom is 0.224 e. The van der Waals surface area contributed by atoms with Crippen LogP contribution in [0.1, 0.15) is 5.56 Å². The Morgan fingerprint density at radius 1 is 1.25 bits per heavy atom. The topological polar surface area (TPSA) is 108 Å². The molecule has 0 fully saturated rings. The zero-order valence-electron chi connectivity index (χ0n) is 10.7. The fourth-order valence-electron chi connectivity index (χ4n) is 1.97. The van der Waals surface area contributed by atoms with E-state index in [-0.39, 0.29) is 5.95 Å². The Kier molecular flexibility index (Phi) is 2.69. The number of nitrogens with two attached hydrogens (primary N) is 1. The first-order chi connectivity index (χ1) is 9.69. The zero-order valence-corrected chi connectivity index (χ0v) is 10.7. The van der Waals surface area contributed by atoms with E-state index in [0.29, 0.717) is 17.0 Å². The average molecular weight is 265 g/mol. The summed E-state index contributed by atoms with van der Waals surface area (Å²) in [7, 11) is 1.87. The van der Waals surface area contributed by atoms with E-state index in [0.717, 1.165) is 11.1 Å².